The van der Waals surface area contributed by atoms with Crippen LogP contribution in [0.5, 0.6) is 0 Å². The molecule has 3 rings (SSSR count). The van der Waals surface area contributed by atoms with Crippen LogP contribution in [0.1, 0.15) is 37.9 Å². The van der Waals surface area contributed by atoms with Crippen molar-refractivity contribution < 1.29 is 17.6 Å². The molecular weight excluding hydrogens is 362 g/mol. The zero-order valence-electron chi connectivity index (χ0n) is 15.8. The van der Waals surface area contributed by atoms with E-state index in [0.717, 1.165) is 30.9 Å². The highest BCUT2D eigenvalue weighted by atomic mass is 19.4. The van der Waals surface area contributed by atoms with E-state index in [9.17, 15) is 17.6 Å². The van der Waals surface area contributed by atoms with Gasteiger partial charge in [-0.15, -0.1) is 0 Å². The van der Waals surface area contributed by atoms with E-state index in [4.69, 9.17) is 0 Å². The van der Waals surface area contributed by atoms with Crippen molar-refractivity contribution in [1.82, 2.24) is 14.8 Å². The largest absolute Gasteiger partial charge is 0.419 e. The number of likely N-dealkylation sites (N-methyl/N-ethyl adjacent to an activating group) is 1. The lowest BCUT2D eigenvalue weighted by atomic mass is 10.0. The minimum absolute atomic E-state index is 0.144. The van der Waals surface area contributed by atoms with Gasteiger partial charge in [-0.25, -0.2) is 14.4 Å². The van der Waals surface area contributed by atoms with Crippen LogP contribution in [0.2, 0.25) is 0 Å². The van der Waals surface area contributed by atoms with Crippen molar-refractivity contribution in [1.29, 1.82) is 0 Å². The van der Waals surface area contributed by atoms with Gasteiger partial charge in [-0.2, -0.15) is 18.3 Å². The first-order valence-corrected chi connectivity index (χ1v) is 8.82. The highest BCUT2D eigenvalue weighted by Gasteiger charge is 2.38. The third-order valence-electron chi connectivity index (χ3n) is 4.76. The summed E-state index contributed by atoms with van der Waals surface area (Å²) in [5, 5.41) is 6.19. The molecular formula is C18H23F4N5. The SMILES string of the molecule is CC(C)=NN1C(N2CCN(C)CC2)=Nc2cc(C(F)(F)F)c(F)cc2C1C. The molecule has 2 aliphatic heterocycles. The number of hydrogen-bond donors (Lipinski definition) is 0. The van der Waals surface area contributed by atoms with Gasteiger partial charge in [0.2, 0.25) is 5.96 Å². The van der Waals surface area contributed by atoms with Crippen LogP contribution in [0.25, 0.3) is 0 Å². The van der Waals surface area contributed by atoms with Crippen LogP contribution in [0.15, 0.2) is 22.2 Å². The Morgan fingerprint density at radius 1 is 1.15 bits per heavy atom. The first kappa shape index (κ1) is 19.6. The van der Waals surface area contributed by atoms with Crippen molar-refractivity contribution in [3.63, 3.8) is 0 Å². The Bertz CT molecular complexity index is 775. The summed E-state index contributed by atoms with van der Waals surface area (Å²) in [6.07, 6.45) is -4.76. The van der Waals surface area contributed by atoms with Gasteiger partial charge in [-0.05, 0) is 40.0 Å². The first-order chi connectivity index (χ1) is 12.6. The van der Waals surface area contributed by atoms with Gasteiger partial charge in [-0.1, -0.05) is 0 Å². The maximum absolute atomic E-state index is 14.1. The maximum Gasteiger partial charge on any atom is 0.419 e. The van der Waals surface area contributed by atoms with Crippen LogP contribution in [-0.4, -0.2) is 59.7 Å². The molecule has 1 unspecified atom stereocenters. The van der Waals surface area contributed by atoms with Gasteiger partial charge in [0.25, 0.3) is 0 Å². The van der Waals surface area contributed by atoms with Crippen molar-refractivity contribution in [3.05, 3.63) is 29.1 Å². The van der Waals surface area contributed by atoms with Crippen molar-refractivity contribution in [2.75, 3.05) is 33.2 Å². The van der Waals surface area contributed by atoms with Crippen molar-refractivity contribution in [2.24, 2.45) is 10.1 Å². The van der Waals surface area contributed by atoms with Gasteiger partial charge >= 0.3 is 6.18 Å². The van der Waals surface area contributed by atoms with E-state index in [0.29, 0.717) is 24.6 Å². The number of fused-ring (bicyclic) bond motifs is 1. The van der Waals surface area contributed by atoms with Gasteiger partial charge in [0.1, 0.15) is 5.82 Å². The molecule has 1 aromatic rings. The predicted octanol–water partition coefficient (Wildman–Crippen LogP) is 3.85. The van der Waals surface area contributed by atoms with Crippen LogP contribution in [0, 0.1) is 5.82 Å². The fourth-order valence-corrected chi connectivity index (χ4v) is 3.26. The number of benzene rings is 1. The summed E-state index contributed by atoms with van der Waals surface area (Å²) in [4.78, 5) is 8.66. The summed E-state index contributed by atoms with van der Waals surface area (Å²) in [5.41, 5.74) is 0.0202. The predicted molar refractivity (Wildman–Crippen MR) is 96.6 cm³/mol. The number of aliphatic imine (C=N–C) groups is 1. The smallest absolute Gasteiger partial charge is 0.338 e. The second-order valence-electron chi connectivity index (χ2n) is 7.16. The van der Waals surface area contributed by atoms with Crippen molar-refractivity contribution in [2.45, 2.75) is 33.0 Å². The molecule has 1 saturated heterocycles. The fraction of sp³-hybridized carbons (Fsp3) is 0.556. The standard InChI is InChI=1S/C18H23F4N5/c1-11(2)24-27-12(3)13-9-15(19)14(18(20,21)22)10-16(13)23-17(27)26-7-5-25(4)6-8-26/h9-10,12H,5-8H2,1-4H3. The molecule has 2 heterocycles. The number of nitrogens with zero attached hydrogens (tertiary/aromatic N) is 5. The zero-order valence-corrected chi connectivity index (χ0v) is 15.8. The Morgan fingerprint density at radius 3 is 2.33 bits per heavy atom. The van der Waals surface area contributed by atoms with Gasteiger partial charge in [0.15, 0.2) is 0 Å². The third-order valence-corrected chi connectivity index (χ3v) is 4.76. The average Bonchev–Trinajstić information content (AvgIpc) is 2.57. The summed E-state index contributed by atoms with van der Waals surface area (Å²) < 4.78 is 53.5. The molecule has 0 bridgehead atoms. The minimum atomic E-state index is -4.76. The quantitative estimate of drug-likeness (QED) is 0.544. The van der Waals surface area contributed by atoms with Gasteiger partial charge in [-0.3, -0.25) is 0 Å². The molecule has 27 heavy (non-hydrogen) atoms. The van der Waals surface area contributed by atoms with Gasteiger partial charge in [0.05, 0.1) is 17.3 Å². The van der Waals surface area contributed by atoms with E-state index in [2.05, 4.69) is 15.0 Å². The normalized spacial score (nSPS) is 21.0. The number of rotatable bonds is 1. The van der Waals surface area contributed by atoms with E-state index >= 15 is 0 Å². The molecule has 0 spiro atoms. The molecule has 0 amide bonds. The zero-order chi connectivity index (χ0) is 19.9. The van der Waals surface area contributed by atoms with E-state index in [1.807, 2.05) is 25.8 Å². The lowest BCUT2D eigenvalue weighted by Gasteiger charge is -2.41. The number of hydrazone groups is 1. The minimum Gasteiger partial charge on any atom is -0.338 e. The summed E-state index contributed by atoms with van der Waals surface area (Å²) in [6.45, 7) is 8.48. The van der Waals surface area contributed by atoms with Crippen LogP contribution in [0.3, 0.4) is 0 Å². The molecule has 9 heteroatoms. The summed E-state index contributed by atoms with van der Waals surface area (Å²) >= 11 is 0. The Hall–Kier alpha value is -2.16. The van der Waals surface area contributed by atoms with E-state index in [1.54, 1.807) is 11.9 Å². The second-order valence-corrected chi connectivity index (χ2v) is 7.16. The number of halogens is 4. The number of piperazine rings is 1. The molecule has 0 N–H and O–H groups in total. The highest BCUT2D eigenvalue weighted by Crippen LogP contribution is 2.41. The number of guanidine groups is 1. The second kappa shape index (κ2) is 7.10. The third kappa shape index (κ3) is 3.92. The topological polar surface area (TPSA) is 34.4 Å². The van der Waals surface area contributed by atoms with Crippen LogP contribution in [0.4, 0.5) is 23.2 Å². The molecule has 0 aliphatic carbocycles. The van der Waals surface area contributed by atoms with Gasteiger partial charge in [0, 0.05) is 37.5 Å². The molecule has 1 aromatic carbocycles. The molecule has 2 aliphatic rings. The lowest BCUT2D eigenvalue weighted by molar-refractivity contribution is -0.139. The fourth-order valence-electron chi connectivity index (χ4n) is 3.26. The molecule has 1 fully saturated rings. The average molecular weight is 385 g/mol. The Kier molecular flexibility index (Phi) is 5.16. The van der Waals surface area contributed by atoms with Crippen molar-refractivity contribution >= 4 is 17.4 Å². The van der Waals surface area contributed by atoms with Gasteiger partial charge < -0.3 is 9.80 Å². The molecule has 0 radical (unpaired) electrons. The molecule has 0 saturated carbocycles. The summed E-state index contributed by atoms with van der Waals surface area (Å²) in [7, 11) is 2.02. The highest BCUT2D eigenvalue weighted by molar-refractivity contribution is 5.88. The van der Waals surface area contributed by atoms with E-state index in [-0.39, 0.29) is 5.69 Å². The number of alkyl halides is 3. The molecule has 5 nitrogen and oxygen atoms in total. The van der Waals surface area contributed by atoms with Crippen molar-refractivity contribution in [3.8, 4) is 0 Å². The molecule has 1 atom stereocenters. The van der Waals surface area contributed by atoms with E-state index < -0.39 is 23.6 Å². The van der Waals surface area contributed by atoms with E-state index in [1.165, 1.54) is 0 Å². The summed E-state index contributed by atoms with van der Waals surface area (Å²) in [6, 6.07) is 1.30. The molecule has 148 valence electrons. The Balaban J connectivity index is 2.10. The Labute approximate surface area is 156 Å². The lowest BCUT2D eigenvalue weighted by Crippen LogP contribution is -2.52. The monoisotopic (exact) mass is 385 g/mol. The number of hydrogen-bond acceptors (Lipinski definition) is 5. The maximum atomic E-state index is 14.1. The first-order valence-electron chi connectivity index (χ1n) is 8.82. The summed E-state index contributed by atoms with van der Waals surface area (Å²) in [5.74, 6) is -0.785. The van der Waals surface area contributed by atoms with Crippen LogP contribution in [-0.2, 0) is 6.18 Å². The van der Waals surface area contributed by atoms with Crippen LogP contribution < -0.4 is 0 Å². The molecule has 0 aromatic heterocycles. The Morgan fingerprint density at radius 2 is 1.78 bits per heavy atom. The van der Waals surface area contributed by atoms with Crippen LogP contribution >= 0.6 is 0 Å².